The Morgan fingerprint density at radius 2 is 1.33 bits per heavy atom. The summed E-state index contributed by atoms with van der Waals surface area (Å²) >= 11 is 0. The quantitative estimate of drug-likeness (QED) is 0.228. The smallest absolute Gasteiger partial charge is 0.475 e. The van der Waals surface area contributed by atoms with Gasteiger partial charge in [-0.3, -0.25) is 4.79 Å². The molecule has 10 heteroatoms. The first kappa shape index (κ1) is 35.7. The molecular weight excluding hydrogens is 587 g/mol. The van der Waals surface area contributed by atoms with Gasteiger partial charge in [-0.1, -0.05) is 84.9 Å². The van der Waals surface area contributed by atoms with Crippen LogP contribution in [0.3, 0.4) is 0 Å². The zero-order valence-electron chi connectivity index (χ0n) is 25.8. The van der Waals surface area contributed by atoms with Gasteiger partial charge in [0.2, 0.25) is 0 Å². The maximum atomic E-state index is 12.1. The minimum atomic E-state index is -5.08. The van der Waals surface area contributed by atoms with Gasteiger partial charge < -0.3 is 25.0 Å². The van der Waals surface area contributed by atoms with Crippen LogP contribution in [-0.2, 0) is 25.3 Å². The van der Waals surface area contributed by atoms with E-state index in [2.05, 4.69) is 4.90 Å². The van der Waals surface area contributed by atoms with E-state index in [1.165, 1.54) is 7.11 Å². The standard InChI is InChI=1S/C33H41NO4.C2HF3O2/c1-32(2,31(36)38-3)26-18-16-25(17-19-26)30(35)15-10-22-34-23-20-29(21-24-34)33(37,27-11-6-4-7-12-27)28-13-8-5-9-14-28;3-2(4,5)1(6)7/h4-9,11-14,16-19,29-30,35,37H,10,15,20-24H2,1-3H3;(H,6,7). The molecule has 0 saturated carbocycles. The molecule has 244 valence electrons. The van der Waals surface area contributed by atoms with E-state index >= 15 is 0 Å². The SMILES string of the molecule is COC(=O)C(C)(C)c1ccc(C(O)CCCN2CCC(C(O)(c3ccccc3)c3ccccc3)CC2)cc1.O=C(O)C(F)(F)F. The summed E-state index contributed by atoms with van der Waals surface area (Å²) in [5.41, 5.74) is 1.91. The van der Waals surface area contributed by atoms with Crippen LogP contribution in [0.4, 0.5) is 13.2 Å². The topological polar surface area (TPSA) is 107 Å². The molecule has 0 radical (unpaired) electrons. The van der Waals surface area contributed by atoms with E-state index in [1.807, 2.05) is 98.8 Å². The van der Waals surface area contributed by atoms with Crippen LogP contribution in [0.1, 0.15) is 67.9 Å². The van der Waals surface area contributed by atoms with Gasteiger partial charge >= 0.3 is 18.1 Å². The van der Waals surface area contributed by atoms with Gasteiger partial charge in [-0.05, 0) is 87.3 Å². The average Bonchev–Trinajstić information content (AvgIpc) is 3.05. The van der Waals surface area contributed by atoms with Crippen LogP contribution in [0.2, 0.25) is 0 Å². The molecule has 3 N–H and O–H groups in total. The summed E-state index contributed by atoms with van der Waals surface area (Å²) in [4.78, 5) is 23.4. The number of esters is 1. The fourth-order valence-corrected chi connectivity index (χ4v) is 5.77. The van der Waals surface area contributed by atoms with Crippen molar-refractivity contribution in [3.63, 3.8) is 0 Å². The fraction of sp³-hybridized carbons (Fsp3) is 0.429. The summed E-state index contributed by atoms with van der Waals surface area (Å²) in [5, 5.41) is 30.0. The van der Waals surface area contributed by atoms with Gasteiger partial charge in [-0.25, -0.2) is 4.79 Å². The van der Waals surface area contributed by atoms with Gasteiger partial charge in [0.1, 0.15) is 5.60 Å². The number of benzene rings is 3. The molecule has 1 aliphatic rings. The van der Waals surface area contributed by atoms with Crippen molar-refractivity contribution in [1.29, 1.82) is 0 Å². The normalized spacial score (nSPS) is 15.5. The summed E-state index contributed by atoms with van der Waals surface area (Å²) in [5.74, 6) is -2.89. The number of carboxylic acid groups (broad SMARTS) is 1. The van der Waals surface area contributed by atoms with Crippen LogP contribution in [-0.4, -0.2) is 65.1 Å². The van der Waals surface area contributed by atoms with E-state index in [-0.39, 0.29) is 11.9 Å². The van der Waals surface area contributed by atoms with E-state index in [4.69, 9.17) is 14.6 Å². The monoisotopic (exact) mass is 629 g/mol. The molecule has 7 nitrogen and oxygen atoms in total. The molecule has 1 fully saturated rings. The zero-order chi connectivity index (χ0) is 33.3. The summed E-state index contributed by atoms with van der Waals surface area (Å²) in [7, 11) is 1.40. The number of nitrogens with zero attached hydrogens (tertiary/aromatic N) is 1. The van der Waals surface area contributed by atoms with E-state index in [1.54, 1.807) is 0 Å². The lowest BCUT2D eigenvalue weighted by Gasteiger charge is -2.42. The predicted octanol–water partition coefficient (Wildman–Crippen LogP) is 6.23. The summed E-state index contributed by atoms with van der Waals surface area (Å²) in [6.45, 7) is 6.47. The minimum absolute atomic E-state index is 0.141. The van der Waals surface area contributed by atoms with Crippen molar-refractivity contribution in [2.24, 2.45) is 5.92 Å². The number of carboxylic acids is 1. The highest BCUT2D eigenvalue weighted by atomic mass is 19.4. The van der Waals surface area contributed by atoms with Gasteiger partial charge in [-0.2, -0.15) is 13.2 Å². The van der Waals surface area contributed by atoms with Gasteiger partial charge in [0.15, 0.2) is 0 Å². The van der Waals surface area contributed by atoms with E-state index < -0.39 is 29.3 Å². The number of halogens is 3. The van der Waals surface area contributed by atoms with Crippen molar-refractivity contribution in [2.45, 2.75) is 62.8 Å². The largest absolute Gasteiger partial charge is 0.490 e. The van der Waals surface area contributed by atoms with Crippen LogP contribution < -0.4 is 0 Å². The number of likely N-dealkylation sites (tertiary alicyclic amines) is 1. The number of methoxy groups -OCH3 is 1. The molecular formula is C35H42F3NO6. The second kappa shape index (κ2) is 15.5. The third-order valence-corrected chi connectivity index (χ3v) is 8.51. The summed E-state index contributed by atoms with van der Waals surface area (Å²) in [6, 6.07) is 27.7. The van der Waals surface area contributed by atoms with Gasteiger partial charge in [0.25, 0.3) is 0 Å². The van der Waals surface area contributed by atoms with Crippen LogP contribution in [0.25, 0.3) is 0 Å². The first-order valence-electron chi connectivity index (χ1n) is 14.9. The maximum Gasteiger partial charge on any atom is 0.490 e. The third kappa shape index (κ3) is 9.15. The lowest BCUT2D eigenvalue weighted by Crippen LogP contribution is -2.44. The molecule has 3 aromatic rings. The molecule has 0 aliphatic carbocycles. The Morgan fingerprint density at radius 3 is 1.76 bits per heavy atom. The molecule has 1 unspecified atom stereocenters. The van der Waals surface area contributed by atoms with E-state index in [0.29, 0.717) is 6.42 Å². The fourth-order valence-electron chi connectivity index (χ4n) is 5.77. The second-order valence-electron chi connectivity index (χ2n) is 11.8. The first-order valence-corrected chi connectivity index (χ1v) is 14.9. The van der Waals surface area contributed by atoms with Crippen molar-refractivity contribution < 1.29 is 42.8 Å². The zero-order valence-corrected chi connectivity index (χ0v) is 25.8. The number of aliphatic carboxylic acids is 1. The number of ether oxygens (including phenoxy) is 1. The van der Waals surface area contributed by atoms with Crippen molar-refractivity contribution in [3.8, 4) is 0 Å². The Kier molecular flexibility index (Phi) is 12.3. The highest BCUT2D eigenvalue weighted by Gasteiger charge is 2.41. The number of carbonyl (C=O) groups excluding carboxylic acids is 1. The Morgan fingerprint density at radius 1 is 0.867 bits per heavy atom. The molecule has 1 atom stereocenters. The predicted molar refractivity (Wildman–Crippen MR) is 164 cm³/mol. The Hall–Kier alpha value is -3.73. The Bertz CT molecular complexity index is 1320. The van der Waals surface area contributed by atoms with E-state index in [0.717, 1.165) is 61.2 Å². The third-order valence-electron chi connectivity index (χ3n) is 8.51. The minimum Gasteiger partial charge on any atom is -0.475 e. The highest BCUT2D eigenvalue weighted by Crippen LogP contribution is 2.42. The van der Waals surface area contributed by atoms with Crippen LogP contribution in [0.5, 0.6) is 0 Å². The van der Waals surface area contributed by atoms with Crippen molar-refractivity contribution in [1.82, 2.24) is 4.90 Å². The number of hydrogen-bond acceptors (Lipinski definition) is 6. The molecule has 3 aromatic carbocycles. The van der Waals surface area contributed by atoms with Crippen LogP contribution in [0.15, 0.2) is 84.9 Å². The van der Waals surface area contributed by atoms with Crippen molar-refractivity contribution in [2.75, 3.05) is 26.7 Å². The maximum absolute atomic E-state index is 12.1. The van der Waals surface area contributed by atoms with E-state index in [9.17, 15) is 28.2 Å². The Balaban J connectivity index is 0.000000707. The molecule has 1 aliphatic heterocycles. The second-order valence-corrected chi connectivity index (χ2v) is 11.8. The highest BCUT2D eigenvalue weighted by molar-refractivity contribution is 5.82. The molecule has 1 saturated heterocycles. The van der Waals surface area contributed by atoms with Crippen molar-refractivity contribution >= 4 is 11.9 Å². The van der Waals surface area contributed by atoms with Gasteiger partial charge in [-0.15, -0.1) is 0 Å². The molecule has 0 bridgehead atoms. The molecule has 4 rings (SSSR count). The number of carbonyl (C=O) groups is 2. The number of rotatable bonds is 10. The van der Waals surface area contributed by atoms with Crippen LogP contribution >= 0.6 is 0 Å². The summed E-state index contributed by atoms with van der Waals surface area (Å²) < 4.78 is 36.7. The number of piperidine rings is 1. The van der Waals surface area contributed by atoms with Gasteiger partial charge in [0.05, 0.1) is 18.6 Å². The lowest BCUT2D eigenvalue weighted by molar-refractivity contribution is -0.192. The molecule has 45 heavy (non-hydrogen) atoms. The lowest BCUT2D eigenvalue weighted by atomic mass is 9.72. The number of hydrogen-bond donors (Lipinski definition) is 3. The van der Waals surface area contributed by atoms with Crippen molar-refractivity contribution in [3.05, 3.63) is 107 Å². The Labute approximate surface area is 262 Å². The molecule has 1 heterocycles. The number of aliphatic hydroxyl groups excluding tert-OH is 1. The number of alkyl halides is 3. The first-order chi connectivity index (χ1) is 21.2. The van der Waals surface area contributed by atoms with Gasteiger partial charge in [0, 0.05) is 0 Å². The molecule has 0 amide bonds. The van der Waals surface area contributed by atoms with Crippen LogP contribution in [0, 0.1) is 5.92 Å². The molecule has 0 aromatic heterocycles. The average molecular weight is 630 g/mol. The molecule has 0 spiro atoms. The summed E-state index contributed by atoms with van der Waals surface area (Å²) in [6.07, 6.45) is -2.22. The number of aliphatic hydroxyl groups is 2.